The lowest BCUT2D eigenvalue weighted by Gasteiger charge is -2.20. The Kier molecular flexibility index (Phi) is 29.3. The van der Waals surface area contributed by atoms with Crippen molar-refractivity contribution >= 4 is 11.8 Å². The molecule has 1 aliphatic heterocycles. The van der Waals surface area contributed by atoms with E-state index in [-0.39, 0.29) is 30.2 Å². The monoisotopic (exact) mass is 713 g/mol. The number of amides is 2. The molecule has 2 amide bonds. The molecule has 1 unspecified atom stereocenters. The van der Waals surface area contributed by atoms with E-state index in [9.17, 15) is 14.0 Å². The van der Waals surface area contributed by atoms with Gasteiger partial charge < -0.3 is 26.0 Å². The fourth-order valence-electron chi connectivity index (χ4n) is 5.07. The molecule has 4 N–H and O–H groups in total. The van der Waals surface area contributed by atoms with Crippen molar-refractivity contribution in [2.45, 2.75) is 151 Å². The Balaban J connectivity index is 0.000000965. The molecule has 2 aromatic rings. The number of hydrogen-bond donors (Lipinski definition) is 4. The van der Waals surface area contributed by atoms with Gasteiger partial charge in [-0.05, 0) is 74.8 Å². The minimum Gasteiger partial charge on any atom is -0.492 e. The number of ether oxygens (including phenoxy) is 1. The highest BCUT2D eigenvalue weighted by atomic mass is 19.1. The molecule has 51 heavy (non-hydrogen) atoms. The molecule has 1 aliphatic rings. The van der Waals surface area contributed by atoms with Crippen LogP contribution in [-0.2, 0) is 22.4 Å². The predicted molar refractivity (Wildman–Crippen MR) is 215 cm³/mol. The van der Waals surface area contributed by atoms with Gasteiger partial charge in [-0.15, -0.1) is 0 Å². The summed E-state index contributed by atoms with van der Waals surface area (Å²) in [5.74, 6) is 0.494. The van der Waals surface area contributed by atoms with Gasteiger partial charge in [0.05, 0.1) is 6.54 Å². The van der Waals surface area contributed by atoms with Crippen LogP contribution in [0.3, 0.4) is 0 Å². The van der Waals surface area contributed by atoms with Crippen LogP contribution in [0.4, 0.5) is 4.39 Å². The van der Waals surface area contributed by atoms with E-state index in [0.717, 1.165) is 60.2 Å². The van der Waals surface area contributed by atoms with Crippen LogP contribution in [0.5, 0.6) is 5.75 Å². The average molecular weight is 713 g/mol. The standard InChI is InChI=1S/C23H36N4O3.C10H13F.C7H16.C3H8/c1-4-9-19-14-25-17(3)16-30-21-12-7-6-10-18(21)11-8-13-24-23(29)20(5-2)27-22(28)15-26-19;1-3-4-9-6-5-8(2)7-10(9)11;1-3-5-7-6-4-2;1-3-2/h6-7,9-10,12,17,20,25-26H,4-5,8,11,13-16H2,1-3H3,(H,24,29)(H,27,28);5-7H,3-4H2,1-2H3;3-7H2,1-2H3;3H2,1-2H3/t17-,20?;;;/m0.../s1. The van der Waals surface area contributed by atoms with Crippen molar-refractivity contribution < 1.29 is 18.7 Å². The molecule has 0 saturated heterocycles. The van der Waals surface area contributed by atoms with Gasteiger partial charge in [-0.25, -0.2) is 4.39 Å². The molecule has 0 spiro atoms. The fourth-order valence-corrected chi connectivity index (χ4v) is 5.07. The average Bonchev–Trinajstić information content (AvgIpc) is 3.11. The van der Waals surface area contributed by atoms with E-state index in [1.54, 1.807) is 6.07 Å². The first-order valence-electron chi connectivity index (χ1n) is 19.8. The second-order valence-electron chi connectivity index (χ2n) is 13.2. The van der Waals surface area contributed by atoms with Gasteiger partial charge in [0.25, 0.3) is 0 Å². The van der Waals surface area contributed by atoms with Crippen molar-refractivity contribution in [3.8, 4) is 5.75 Å². The fraction of sp³-hybridized carbons (Fsp3) is 0.628. The number of carbonyl (C=O) groups excluding carboxylic acids is 2. The molecule has 0 aliphatic carbocycles. The van der Waals surface area contributed by atoms with Gasteiger partial charge in [-0.2, -0.15) is 0 Å². The number of hydrogen-bond acceptors (Lipinski definition) is 5. The van der Waals surface area contributed by atoms with Crippen molar-refractivity contribution in [2.24, 2.45) is 0 Å². The smallest absolute Gasteiger partial charge is 0.242 e. The van der Waals surface area contributed by atoms with Gasteiger partial charge in [-0.1, -0.05) is 130 Å². The van der Waals surface area contributed by atoms with Crippen LogP contribution in [0.25, 0.3) is 0 Å². The summed E-state index contributed by atoms with van der Waals surface area (Å²) in [6.45, 7) is 20.6. The maximum atomic E-state index is 13.0. The summed E-state index contributed by atoms with van der Waals surface area (Å²) in [5.41, 5.74) is 3.91. The first kappa shape index (κ1) is 47.6. The topological polar surface area (TPSA) is 91.5 Å². The van der Waals surface area contributed by atoms with Gasteiger partial charge in [0.1, 0.15) is 24.2 Å². The molecule has 8 heteroatoms. The van der Waals surface area contributed by atoms with E-state index in [0.29, 0.717) is 26.1 Å². The third-order valence-corrected chi connectivity index (χ3v) is 7.95. The van der Waals surface area contributed by atoms with E-state index in [4.69, 9.17) is 4.74 Å². The zero-order valence-corrected chi connectivity index (χ0v) is 33.7. The molecule has 0 saturated carbocycles. The highest BCUT2D eigenvalue weighted by molar-refractivity contribution is 5.88. The molecule has 0 radical (unpaired) electrons. The summed E-state index contributed by atoms with van der Waals surface area (Å²) in [7, 11) is 0. The lowest BCUT2D eigenvalue weighted by atomic mass is 10.1. The summed E-state index contributed by atoms with van der Waals surface area (Å²) < 4.78 is 19.1. The van der Waals surface area contributed by atoms with Gasteiger partial charge in [0.15, 0.2) is 0 Å². The molecule has 2 aromatic carbocycles. The minimum absolute atomic E-state index is 0.0631. The molecule has 0 aromatic heterocycles. The van der Waals surface area contributed by atoms with E-state index in [1.807, 2.05) is 44.2 Å². The summed E-state index contributed by atoms with van der Waals surface area (Å²) in [6.07, 6.45) is 15.2. The molecule has 1 heterocycles. The summed E-state index contributed by atoms with van der Waals surface area (Å²) in [6, 6.07) is 13.1. The molecule has 290 valence electrons. The number of carbonyl (C=O) groups is 2. The van der Waals surface area contributed by atoms with Gasteiger partial charge >= 0.3 is 0 Å². The van der Waals surface area contributed by atoms with E-state index >= 15 is 0 Å². The normalized spacial score (nSPS) is 17.8. The quantitative estimate of drug-likeness (QED) is 0.205. The third kappa shape index (κ3) is 23.7. The summed E-state index contributed by atoms with van der Waals surface area (Å²) >= 11 is 0. The van der Waals surface area contributed by atoms with Crippen LogP contribution in [0.2, 0.25) is 0 Å². The maximum absolute atomic E-state index is 13.0. The molecule has 0 bridgehead atoms. The van der Waals surface area contributed by atoms with Crippen LogP contribution in [0.15, 0.2) is 54.2 Å². The van der Waals surface area contributed by atoms with E-state index < -0.39 is 6.04 Å². The van der Waals surface area contributed by atoms with Gasteiger partial charge in [-0.3, -0.25) is 9.59 Å². The molecule has 3 rings (SSSR count). The Hall–Kier alpha value is -3.39. The maximum Gasteiger partial charge on any atom is 0.242 e. The molecule has 2 atom stereocenters. The van der Waals surface area contributed by atoms with Crippen LogP contribution in [0.1, 0.15) is 136 Å². The molecular formula is C43H73FN4O3. The van der Waals surface area contributed by atoms with Gasteiger partial charge in [0.2, 0.25) is 11.8 Å². The number of rotatable bonds is 8. The minimum atomic E-state index is -0.523. The molecular weight excluding hydrogens is 639 g/mol. The predicted octanol–water partition coefficient (Wildman–Crippen LogP) is 9.36. The van der Waals surface area contributed by atoms with E-state index in [2.05, 4.69) is 81.9 Å². The number of benzene rings is 2. The van der Waals surface area contributed by atoms with Crippen molar-refractivity contribution in [2.75, 3.05) is 26.2 Å². The number of halogens is 1. The van der Waals surface area contributed by atoms with Crippen molar-refractivity contribution in [1.29, 1.82) is 0 Å². The number of unbranched alkanes of at least 4 members (excludes halogenated alkanes) is 4. The van der Waals surface area contributed by atoms with Crippen molar-refractivity contribution in [1.82, 2.24) is 21.3 Å². The van der Waals surface area contributed by atoms with Crippen LogP contribution < -0.4 is 26.0 Å². The Bertz CT molecular complexity index is 1220. The van der Waals surface area contributed by atoms with Gasteiger partial charge in [0, 0.05) is 24.8 Å². The zero-order valence-electron chi connectivity index (χ0n) is 33.7. The number of allylic oxidation sites excluding steroid dienone is 1. The van der Waals surface area contributed by atoms with Crippen LogP contribution in [0, 0.1) is 12.7 Å². The van der Waals surface area contributed by atoms with Crippen LogP contribution in [-0.4, -0.2) is 50.1 Å². The third-order valence-electron chi connectivity index (χ3n) is 7.95. The Labute approximate surface area is 311 Å². The lowest BCUT2D eigenvalue weighted by Crippen LogP contribution is -2.49. The van der Waals surface area contributed by atoms with Crippen molar-refractivity contribution in [3.63, 3.8) is 0 Å². The SMILES string of the molecule is CCC.CCC=C1CN[C@@H](C)COc2ccccc2CCCNC(=O)C(CC)NC(=O)CN1.CCCCCCC.CCCc1ccc(C)cc1F. The number of nitrogens with one attached hydrogen (secondary N) is 4. The zero-order chi connectivity index (χ0) is 38.3. The number of fused-ring (bicyclic) bond motifs is 1. The summed E-state index contributed by atoms with van der Waals surface area (Å²) in [4.78, 5) is 24.8. The Morgan fingerprint density at radius 1 is 0.882 bits per heavy atom. The summed E-state index contributed by atoms with van der Waals surface area (Å²) in [5, 5.41) is 12.4. The Morgan fingerprint density at radius 2 is 1.57 bits per heavy atom. The highest BCUT2D eigenvalue weighted by Gasteiger charge is 2.19. The first-order valence-corrected chi connectivity index (χ1v) is 19.8. The lowest BCUT2D eigenvalue weighted by molar-refractivity contribution is -0.128. The second kappa shape index (κ2) is 31.4. The number of aryl methyl sites for hydroxylation is 3. The Morgan fingerprint density at radius 3 is 2.18 bits per heavy atom. The molecule has 7 nitrogen and oxygen atoms in total. The number of para-hydroxylation sites is 1. The first-order chi connectivity index (χ1) is 24.6. The van der Waals surface area contributed by atoms with Crippen molar-refractivity contribution in [3.05, 3.63) is 76.7 Å². The second-order valence-corrected chi connectivity index (χ2v) is 13.2. The molecule has 0 fully saturated rings. The largest absolute Gasteiger partial charge is 0.492 e. The highest BCUT2D eigenvalue weighted by Crippen LogP contribution is 2.20. The van der Waals surface area contributed by atoms with Crippen LogP contribution >= 0.6 is 0 Å². The van der Waals surface area contributed by atoms with E-state index in [1.165, 1.54) is 38.5 Å².